The van der Waals surface area contributed by atoms with Gasteiger partial charge < -0.3 is 4.90 Å². The first-order chi connectivity index (χ1) is 9.92. The highest BCUT2D eigenvalue weighted by Crippen LogP contribution is 2.25. The van der Waals surface area contributed by atoms with Gasteiger partial charge in [-0.3, -0.25) is 4.79 Å². The monoisotopic (exact) mass is 437 g/mol. The molecule has 1 aromatic carbocycles. The summed E-state index contributed by atoms with van der Waals surface area (Å²) in [6.45, 7) is 2.46. The van der Waals surface area contributed by atoms with Crippen LogP contribution in [0.5, 0.6) is 0 Å². The van der Waals surface area contributed by atoms with Crippen LogP contribution in [-0.2, 0) is 6.54 Å². The molecule has 0 N–H and O–H groups in total. The molecule has 2 aromatic rings. The molecular formula is C14H11Br2F2NOS. The molecule has 0 spiro atoms. The zero-order valence-corrected chi connectivity index (χ0v) is 15.0. The van der Waals surface area contributed by atoms with Crippen LogP contribution in [0.3, 0.4) is 0 Å². The van der Waals surface area contributed by atoms with Crippen LogP contribution in [0.4, 0.5) is 8.78 Å². The first-order valence-corrected chi connectivity index (χ1v) is 8.50. The zero-order valence-electron chi connectivity index (χ0n) is 11.0. The van der Waals surface area contributed by atoms with E-state index in [2.05, 4.69) is 31.9 Å². The lowest BCUT2D eigenvalue weighted by molar-refractivity contribution is 0.0744. The first-order valence-electron chi connectivity index (χ1n) is 6.10. The Bertz CT molecular complexity index is 652. The Hall–Kier alpha value is -0.790. The minimum Gasteiger partial charge on any atom is -0.334 e. The second-order valence-electron chi connectivity index (χ2n) is 4.27. The van der Waals surface area contributed by atoms with Crippen LogP contribution < -0.4 is 0 Å². The van der Waals surface area contributed by atoms with Gasteiger partial charge in [-0.2, -0.15) is 0 Å². The van der Waals surface area contributed by atoms with Crippen molar-refractivity contribution >= 4 is 49.1 Å². The lowest BCUT2D eigenvalue weighted by Crippen LogP contribution is -2.31. The summed E-state index contributed by atoms with van der Waals surface area (Å²) in [5, 5.41) is 0. The second kappa shape index (κ2) is 6.98. The first kappa shape index (κ1) is 16.6. The molecule has 2 nitrogen and oxygen atoms in total. The van der Waals surface area contributed by atoms with Crippen LogP contribution in [0.1, 0.15) is 22.2 Å². The molecule has 0 aliphatic heterocycles. The fourth-order valence-corrected chi connectivity index (χ4v) is 3.76. The number of benzene rings is 1. The van der Waals surface area contributed by atoms with Gasteiger partial charge in [0.25, 0.3) is 5.91 Å². The summed E-state index contributed by atoms with van der Waals surface area (Å²) in [7, 11) is 0. The van der Waals surface area contributed by atoms with E-state index < -0.39 is 23.1 Å². The molecule has 1 amide bonds. The quantitative estimate of drug-likeness (QED) is 0.641. The molecule has 0 saturated carbocycles. The van der Waals surface area contributed by atoms with Gasteiger partial charge >= 0.3 is 0 Å². The van der Waals surface area contributed by atoms with Crippen molar-refractivity contribution in [2.75, 3.05) is 6.54 Å². The molecule has 0 saturated heterocycles. The van der Waals surface area contributed by atoms with Gasteiger partial charge in [0.2, 0.25) is 0 Å². The molecule has 21 heavy (non-hydrogen) atoms. The van der Waals surface area contributed by atoms with E-state index >= 15 is 0 Å². The van der Waals surface area contributed by atoms with Crippen molar-refractivity contribution in [1.29, 1.82) is 0 Å². The highest BCUT2D eigenvalue weighted by Gasteiger charge is 2.23. The number of rotatable bonds is 4. The van der Waals surface area contributed by atoms with E-state index in [0.29, 0.717) is 13.1 Å². The Labute approximate surface area is 142 Å². The average molecular weight is 439 g/mol. The molecule has 7 heteroatoms. The Morgan fingerprint density at radius 1 is 1.24 bits per heavy atom. The van der Waals surface area contributed by atoms with Gasteiger partial charge in [0, 0.05) is 15.9 Å². The van der Waals surface area contributed by atoms with Crippen LogP contribution in [0.2, 0.25) is 0 Å². The highest BCUT2D eigenvalue weighted by molar-refractivity contribution is 9.11. The molecule has 0 radical (unpaired) electrons. The summed E-state index contributed by atoms with van der Waals surface area (Å²) in [6, 6.07) is 5.93. The minimum atomic E-state index is -0.863. The highest BCUT2D eigenvalue weighted by atomic mass is 79.9. The third kappa shape index (κ3) is 3.90. The van der Waals surface area contributed by atoms with Crippen molar-refractivity contribution in [2.24, 2.45) is 0 Å². The maximum Gasteiger partial charge on any atom is 0.260 e. The van der Waals surface area contributed by atoms with E-state index in [1.807, 2.05) is 12.1 Å². The van der Waals surface area contributed by atoms with Crippen molar-refractivity contribution in [1.82, 2.24) is 4.90 Å². The maximum atomic E-state index is 13.9. The Kier molecular flexibility index (Phi) is 5.51. The van der Waals surface area contributed by atoms with Gasteiger partial charge in [0.1, 0.15) is 17.2 Å². The number of halogens is 4. The van der Waals surface area contributed by atoms with Gasteiger partial charge in [-0.05, 0) is 47.1 Å². The van der Waals surface area contributed by atoms with Crippen LogP contribution in [0.15, 0.2) is 32.5 Å². The van der Waals surface area contributed by atoms with Crippen LogP contribution in [0, 0.1) is 11.6 Å². The van der Waals surface area contributed by atoms with E-state index in [4.69, 9.17) is 0 Å². The minimum absolute atomic E-state index is 0.263. The van der Waals surface area contributed by atoms with Gasteiger partial charge in [0.05, 0.1) is 10.3 Å². The second-order valence-corrected chi connectivity index (χ2v) is 7.73. The fourth-order valence-electron chi connectivity index (χ4n) is 1.86. The molecule has 0 unspecified atom stereocenters. The van der Waals surface area contributed by atoms with Gasteiger partial charge in [-0.1, -0.05) is 15.9 Å². The number of thiophene rings is 1. The van der Waals surface area contributed by atoms with Crippen LogP contribution >= 0.6 is 43.2 Å². The maximum absolute atomic E-state index is 13.9. The lowest BCUT2D eigenvalue weighted by Gasteiger charge is -2.20. The van der Waals surface area contributed by atoms with Crippen molar-refractivity contribution in [2.45, 2.75) is 13.5 Å². The number of hydrogen-bond donors (Lipinski definition) is 0. The molecule has 112 valence electrons. The fraction of sp³-hybridized carbons (Fsp3) is 0.214. The standard InChI is InChI=1S/C14H11Br2F2NOS/c1-2-19(7-9-3-4-12(16)21-9)14(20)13-10(17)5-8(15)6-11(13)18/h3-6H,2,7H2,1H3. The molecule has 1 heterocycles. The number of amides is 1. The van der Waals surface area contributed by atoms with Crippen molar-refractivity contribution in [3.63, 3.8) is 0 Å². The van der Waals surface area contributed by atoms with E-state index in [-0.39, 0.29) is 4.47 Å². The summed E-state index contributed by atoms with van der Waals surface area (Å²) in [5.41, 5.74) is -0.518. The van der Waals surface area contributed by atoms with Crippen molar-refractivity contribution < 1.29 is 13.6 Å². The zero-order chi connectivity index (χ0) is 15.6. The topological polar surface area (TPSA) is 20.3 Å². The average Bonchev–Trinajstić information content (AvgIpc) is 2.80. The largest absolute Gasteiger partial charge is 0.334 e. The Morgan fingerprint density at radius 3 is 2.33 bits per heavy atom. The molecule has 0 atom stereocenters. The Balaban J connectivity index is 2.28. The smallest absolute Gasteiger partial charge is 0.260 e. The molecule has 0 aliphatic rings. The van der Waals surface area contributed by atoms with Crippen LogP contribution in [-0.4, -0.2) is 17.4 Å². The molecule has 0 aliphatic carbocycles. The Morgan fingerprint density at radius 2 is 1.86 bits per heavy atom. The van der Waals surface area contributed by atoms with E-state index in [0.717, 1.165) is 20.8 Å². The molecular weight excluding hydrogens is 428 g/mol. The third-order valence-corrected chi connectivity index (χ3v) is 4.93. The van der Waals surface area contributed by atoms with Gasteiger partial charge in [0.15, 0.2) is 0 Å². The summed E-state index contributed by atoms with van der Waals surface area (Å²) < 4.78 is 29.0. The lowest BCUT2D eigenvalue weighted by atomic mass is 10.1. The summed E-state index contributed by atoms with van der Waals surface area (Å²) in [6.07, 6.45) is 0. The number of nitrogens with zero attached hydrogens (tertiary/aromatic N) is 1. The summed E-state index contributed by atoms with van der Waals surface area (Å²) in [4.78, 5) is 14.7. The van der Waals surface area contributed by atoms with E-state index in [9.17, 15) is 13.6 Å². The van der Waals surface area contributed by atoms with Gasteiger partial charge in [-0.15, -0.1) is 11.3 Å². The molecule has 0 fully saturated rings. The SMILES string of the molecule is CCN(Cc1ccc(Br)s1)C(=O)c1c(F)cc(Br)cc1F. The van der Waals surface area contributed by atoms with Crippen molar-refractivity contribution in [3.8, 4) is 0 Å². The molecule has 2 rings (SSSR count). The van der Waals surface area contributed by atoms with Gasteiger partial charge in [-0.25, -0.2) is 8.78 Å². The third-order valence-electron chi connectivity index (χ3n) is 2.87. The van der Waals surface area contributed by atoms with Crippen molar-refractivity contribution in [3.05, 3.63) is 54.6 Å². The number of hydrogen-bond acceptors (Lipinski definition) is 2. The normalized spacial score (nSPS) is 10.7. The predicted octanol–water partition coefficient (Wildman–Crippen LogP) is 5.21. The number of carbonyl (C=O) groups is 1. The molecule has 0 bridgehead atoms. The number of carbonyl (C=O) groups excluding carboxylic acids is 1. The predicted molar refractivity (Wildman–Crippen MR) is 86.5 cm³/mol. The van der Waals surface area contributed by atoms with E-state index in [1.165, 1.54) is 16.2 Å². The summed E-state index contributed by atoms with van der Waals surface area (Å²) >= 11 is 7.83. The van der Waals surface area contributed by atoms with E-state index in [1.54, 1.807) is 6.92 Å². The van der Waals surface area contributed by atoms with Crippen LogP contribution in [0.25, 0.3) is 0 Å². The summed E-state index contributed by atoms with van der Waals surface area (Å²) in [5.74, 6) is -2.38. The molecule has 1 aromatic heterocycles.